The normalized spacial score (nSPS) is 14.5. The Morgan fingerprint density at radius 1 is 1.31 bits per heavy atom. The highest BCUT2D eigenvalue weighted by Gasteiger charge is 2.22. The van der Waals surface area contributed by atoms with E-state index in [1.807, 2.05) is 0 Å². The van der Waals surface area contributed by atoms with E-state index in [1.54, 1.807) is 13.8 Å². The third kappa shape index (κ3) is 5.99. The Kier molecular flexibility index (Phi) is 6.24. The largest absolute Gasteiger partial charge is 0.396 e. The Hall–Kier alpha value is -0.160. The van der Waals surface area contributed by atoms with Gasteiger partial charge >= 0.3 is 0 Å². The molecule has 0 saturated carbocycles. The van der Waals surface area contributed by atoms with Crippen LogP contribution in [0.4, 0.5) is 0 Å². The molecule has 0 amide bonds. The van der Waals surface area contributed by atoms with E-state index in [0.717, 1.165) is 0 Å². The second kappa shape index (κ2) is 6.32. The topological polar surface area (TPSA) is 69.9 Å². The van der Waals surface area contributed by atoms with Crippen molar-refractivity contribution in [2.24, 2.45) is 5.41 Å². The van der Waals surface area contributed by atoms with Gasteiger partial charge in [0.05, 0.1) is 25.9 Å². The molecular weight excluding hydrogens is 172 g/mol. The molecule has 1 atom stereocenters. The van der Waals surface area contributed by atoms with E-state index in [1.165, 1.54) is 0 Å². The fourth-order valence-corrected chi connectivity index (χ4v) is 0.714. The molecule has 0 radical (unpaired) electrons. The molecule has 0 fully saturated rings. The number of rotatable bonds is 7. The average Bonchev–Trinajstić information content (AvgIpc) is 2.12. The molecule has 4 heteroatoms. The van der Waals surface area contributed by atoms with Crippen LogP contribution in [0.2, 0.25) is 0 Å². The van der Waals surface area contributed by atoms with Crippen molar-refractivity contribution < 1.29 is 20.1 Å². The van der Waals surface area contributed by atoms with Gasteiger partial charge in [-0.1, -0.05) is 6.92 Å². The molecular formula is C9H20O4. The molecule has 13 heavy (non-hydrogen) atoms. The molecule has 0 rings (SSSR count). The zero-order chi connectivity index (χ0) is 10.3. The molecule has 0 aromatic heterocycles. The van der Waals surface area contributed by atoms with Gasteiger partial charge in [-0.25, -0.2) is 0 Å². The van der Waals surface area contributed by atoms with E-state index < -0.39 is 5.41 Å². The Morgan fingerprint density at radius 2 is 1.85 bits per heavy atom. The minimum Gasteiger partial charge on any atom is -0.396 e. The predicted molar refractivity (Wildman–Crippen MR) is 49.4 cm³/mol. The first-order valence-electron chi connectivity index (χ1n) is 4.51. The second-order valence-corrected chi connectivity index (χ2v) is 3.82. The molecule has 1 unspecified atom stereocenters. The van der Waals surface area contributed by atoms with Crippen molar-refractivity contribution in [2.45, 2.75) is 26.4 Å². The van der Waals surface area contributed by atoms with Crippen LogP contribution in [0, 0.1) is 5.41 Å². The van der Waals surface area contributed by atoms with Crippen LogP contribution in [-0.2, 0) is 4.74 Å². The quantitative estimate of drug-likeness (QED) is 0.487. The van der Waals surface area contributed by atoms with E-state index in [2.05, 4.69) is 0 Å². The molecule has 0 spiro atoms. The van der Waals surface area contributed by atoms with Gasteiger partial charge in [-0.05, 0) is 13.3 Å². The summed E-state index contributed by atoms with van der Waals surface area (Å²) in [6.07, 6.45) is 0.210. The van der Waals surface area contributed by atoms with Gasteiger partial charge < -0.3 is 20.1 Å². The van der Waals surface area contributed by atoms with Crippen molar-refractivity contribution in [1.82, 2.24) is 0 Å². The van der Waals surface area contributed by atoms with Crippen molar-refractivity contribution in [1.29, 1.82) is 0 Å². The van der Waals surface area contributed by atoms with Crippen LogP contribution in [0.15, 0.2) is 0 Å². The van der Waals surface area contributed by atoms with Crippen molar-refractivity contribution in [2.75, 3.05) is 26.4 Å². The van der Waals surface area contributed by atoms with Crippen LogP contribution in [0.1, 0.15) is 20.3 Å². The Labute approximate surface area is 79.2 Å². The van der Waals surface area contributed by atoms with Gasteiger partial charge in [-0.15, -0.1) is 0 Å². The number of aliphatic hydroxyl groups is 3. The van der Waals surface area contributed by atoms with E-state index in [-0.39, 0.29) is 19.3 Å². The van der Waals surface area contributed by atoms with Crippen LogP contribution in [0.25, 0.3) is 0 Å². The lowest BCUT2D eigenvalue weighted by atomic mass is 9.95. The lowest BCUT2D eigenvalue weighted by Crippen LogP contribution is -2.32. The first kappa shape index (κ1) is 12.8. The summed E-state index contributed by atoms with van der Waals surface area (Å²) < 4.78 is 5.21. The number of ether oxygens (including phenoxy) is 1. The molecule has 0 heterocycles. The van der Waals surface area contributed by atoms with Crippen molar-refractivity contribution in [3.8, 4) is 0 Å². The Morgan fingerprint density at radius 3 is 2.23 bits per heavy atom. The molecule has 0 aromatic rings. The summed E-state index contributed by atoms with van der Waals surface area (Å²) in [5.74, 6) is 0. The van der Waals surface area contributed by atoms with Gasteiger partial charge in [0.1, 0.15) is 0 Å². The van der Waals surface area contributed by atoms with E-state index >= 15 is 0 Å². The molecule has 0 bridgehead atoms. The van der Waals surface area contributed by atoms with Gasteiger partial charge in [0.2, 0.25) is 0 Å². The number of aliphatic hydroxyl groups excluding tert-OH is 3. The van der Waals surface area contributed by atoms with Gasteiger partial charge in [-0.3, -0.25) is 0 Å². The summed E-state index contributed by atoms with van der Waals surface area (Å²) in [6, 6.07) is 0. The highest BCUT2D eigenvalue weighted by Crippen LogP contribution is 2.14. The third-order valence-corrected chi connectivity index (χ3v) is 1.89. The van der Waals surface area contributed by atoms with Crippen LogP contribution in [0.3, 0.4) is 0 Å². The van der Waals surface area contributed by atoms with Crippen LogP contribution >= 0.6 is 0 Å². The van der Waals surface area contributed by atoms with Crippen LogP contribution in [0.5, 0.6) is 0 Å². The smallest absolute Gasteiger partial charge is 0.0563 e. The molecule has 0 saturated heterocycles. The highest BCUT2D eigenvalue weighted by molar-refractivity contribution is 4.70. The van der Waals surface area contributed by atoms with Crippen molar-refractivity contribution in [3.05, 3.63) is 0 Å². The van der Waals surface area contributed by atoms with E-state index in [0.29, 0.717) is 19.6 Å². The summed E-state index contributed by atoms with van der Waals surface area (Å²) in [5.41, 5.74) is -0.571. The zero-order valence-corrected chi connectivity index (χ0v) is 8.36. The minimum absolute atomic E-state index is 0.0990. The molecule has 3 N–H and O–H groups in total. The number of hydrogen-bond acceptors (Lipinski definition) is 4. The molecule has 0 aliphatic rings. The average molecular weight is 192 g/mol. The summed E-state index contributed by atoms with van der Waals surface area (Å²) >= 11 is 0. The van der Waals surface area contributed by atoms with Gasteiger partial charge in [-0.2, -0.15) is 0 Å². The van der Waals surface area contributed by atoms with Gasteiger partial charge in [0.25, 0.3) is 0 Å². The van der Waals surface area contributed by atoms with Crippen LogP contribution in [-0.4, -0.2) is 47.9 Å². The van der Waals surface area contributed by atoms with Crippen molar-refractivity contribution >= 4 is 0 Å². The predicted octanol–water partition coefficient (Wildman–Crippen LogP) is -0.235. The highest BCUT2D eigenvalue weighted by atomic mass is 16.5. The summed E-state index contributed by atoms with van der Waals surface area (Å²) in [7, 11) is 0. The standard InChI is InChI=1S/C9H20O4/c1-8(12)3-4-13-7-9(2,5-10)6-11/h8,10-12H,3-7H2,1-2H3. The van der Waals surface area contributed by atoms with Gasteiger partial charge in [0, 0.05) is 12.0 Å². The maximum Gasteiger partial charge on any atom is 0.0563 e. The van der Waals surface area contributed by atoms with Crippen molar-refractivity contribution in [3.63, 3.8) is 0 Å². The summed E-state index contributed by atoms with van der Waals surface area (Å²) in [4.78, 5) is 0. The monoisotopic (exact) mass is 192 g/mol. The Bertz CT molecular complexity index is 121. The second-order valence-electron chi connectivity index (χ2n) is 3.82. The fraction of sp³-hybridized carbons (Fsp3) is 1.00. The first-order chi connectivity index (χ1) is 6.04. The first-order valence-corrected chi connectivity index (χ1v) is 4.51. The molecule has 80 valence electrons. The summed E-state index contributed by atoms with van der Waals surface area (Å²) in [6.45, 7) is 4.01. The van der Waals surface area contributed by atoms with Crippen LogP contribution < -0.4 is 0 Å². The molecule has 4 nitrogen and oxygen atoms in total. The minimum atomic E-state index is -0.571. The fourth-order valence-electron chi connectivity index (χ4n) is 0.714. The van der Waals surface area contributed by atoms with Gasteiger partial charge in [0.15, 0.2) is 0 Å². The zero-order valence-electron chi connectivity index (χ0n) is 8.36. The Balaban J connectivity index is 3.50. The molecule has 0 aliphatic heterocycles. The lowest BCUT2D eigenvalue weighted by Gasteiger charge is -2.24. The SMILES string of the molecule is CC(O)CCOCC(C)(CO)CO. The number of hydrogen-bond donors (Lipinski definition) is 3. The molecule has 0 aromatic carbocycles. The maximum absolute atomic E-state index is 8.92. The summed E-state index contributed by atoms with van der Waals surface area (Å²) in [5, 5.41) is 26.7. The lowest BCUT2D eigenvalue weighted by molar-refractivity contribution is -0.0224. The van der Waals surface area contributed by atoms with E-state index in [4.69, 9.17) is 20.1 Å². The molecule has 0 aliphatic carbocycles. The van der Waals surface area contributed by atoms with E-state index in [9.17, 15) is 0 Å². The maximum atomic E-state index is 8.92. The third-order valence-electron chi connectivity index (χ3n) is 1.89.